The number of rotatable bonds is 3. The van der Waals surface area contributed by atoms with Crippen molar-refractivity contribution >= 4 is 28.7 Å². The van der Waals surface area contributed by atoms with Gasteiger partial charge in [-0.05, 0) is 64.7 Å². The van der Waals surface area contributed by atoms with E-state index in [4.69, 9.17) is 0 Å². The maximum Gasteiger partial charge on any atom is 0.236 e. The zero-order chi connectivity index (χ0) is 16.6. The molecule has 0 unspecified atom stereocenters. The highest BCUT2D eigenvalue weighted by Gasteiger charge is 2.32. The molecule has 1 aromatic heterocycles. The number of hydrogen-bond donors (Lipinski definition) is 1. The van der Waals surface area contributed by atoms with E-state index in [9.17, 15) is 4.79 Å². The van der Waals surface area contributed by atoms with Crippen molar-refractivity contribution < 1.29 is 4.79 Å². The third-order valence-electron chi connectivity index (χ3n) is 4.70. The molecule has 3 rings (SSSR count). The van der Waals surface area contributed by atoms with Gasteiger partial charge in [0.2, 0.25) is 5.91 Å². The number of aryl methyl sites for hydroxylation is 1. The van der Waals surface area contributed by atoms with E-state index in [-0.39, 0.29) is 11.2 Å². The summed E-state index contributed by atoms with van der Waals surface area (Å²) >= 11 is 1.52. The maximum absolute atomic E-state index is 12.9. The van der Waals surface area contributed by atoms with Crippen molar-refractivity contribution in [3.8, 4) is 0 Å². The molecule has 1 aliphatic heterocycles. The monoisotopic (exact) mass is 331 g/mol. The van der Waals surface area contributed by atoms with Crippen molar-refractivity contribution in [1.82, 2.24) is 14.9 Å². The molecule has 5 heteroatoms. The fourth-order valence-corrected chi connectivity index (χ4v) is 4.32. The molecule has 1 saturated heterocycles. The second kappa shape index (κ2) is 6.56. The highest BCUT2D eigenvalue weighted by molar-refractivity contribution is 8.00. The van der Waals surface area contributed by atoms with Crippen LogP contribution in [0, 0.1) is 6.92 Å². The Hall–Kier alpha value is -1.49. The molecule has 4 nitrogen and oxygen atoms in total. The van der Waals surface area contributed by atoms with Crippen LogP contribution in [0.3, 0.4) is 0 Å². The van der Waals surface area contributed by atoms with Gasteiger partial charge in [-0.15, -0.1) is 0 Å². The van der Waals surface area contributed by atoms with E-state index in [2.05, 4.69) is 47.8 Å². The van der Waals surface area contributed by atoms with Gasteiger partial charge >= 0.3 is 0 Å². The van der Waals surface area contributed by atoms with Crippen molar-refractivity contribution in [3.05, 3.63) is 23.8 Å². The third kappa shape index (κ3) is 3.39. The molecule has 1 N–H and O–H groups in total. The largest absolute Gasteiger partial charge is 0.336 e. The van der Waals surface area contributed by atoms with Gasteiger partial charge in [0.15, 0.2) is 5.16 Å². The van der Waals surface area contributed by atoms with E-state index in [0.717, 1.165) is 29.0 Å². The number of thioether (sulfide) groups is 1. The minimum Gasteiger partial charge on any atom is -0.336 e. The molecule has 2 heterocycles. The van der Waals surface area contributed by atoms with Crippen LogP contribution in [0.5, 0.6) is 0 Å². The standard InChI is InChI=1S/C18H25N3OS/c1-11-8-9-15-16(10-11)20-18(19-15)23-14(4)17(22)21-12(2)6-5-7-13(21)3/h8-10,12-14H,5-7H2,1-4H3,(H,19,20)/t12-,13-,14-/m0/s1. The number of imidazole rings is 1. The normalized spacial score (nSPS) is 23.2. The summed E-state index contributed by atoms with van der Waals surface area (Å²) in [5.41, 5.74) is 3.20. The van der Waals surface area contributed by atoms with Crippen LogP contribution in [-0.4, -0.2) is 38.1 Å². The van der Waals surface area contributed by atoms with Gasteiger partial charge in [0.25, 0.3) is 0 Å². The van der Waals surface area contributed by atoms with E-state index >= 15 is 0 Å². The number of nitrogens with zero attached hydrogens (tertiary/aromatic N) is 2. The SMILES string of the molecule is Cc1ccc2nc(S[C@@H](C)C(=O)N3[C@@H](C)CCC[C@@H]3C)[nH]c2c1. The third-order valence-corrected chi connectivity index (χ3v) is 5.67. The van der Waals surface area contributed by atoms with Crippen LogP contribution >= 0.6 is 11.8 Å². The van der Waals surface area contributed by atoms with Gasteiger partial charge in [-0.3, -0.25) is 4.79 Å². The number of aromatic nitrogens is 2. The average Bonchev–Trinajstić information content (AvgIpc) is 2.88. The zero-order valence-electron chi connectivity index (χ0n) is 14.3. The summed E-state index contributed by atoms with van der Waals surface area (Å²) in [7, 11) is 0. The molecule has 23 heavy (non-hydrogen) atoms. The first kappa shape index (κ1) is 16.4. The lowest BCUT2D eigenvalue weighted by Gasteiger charge is -2.40. The Morgan fingerprint density at radius 2 is 2.04 bits per heavy atom. The molecule has 1 aromatic carbocycles. The molecule has 1 fully saturated rings. The molecule has 3 atom stereocenters. The van der Waals surface area contributed by atoms with E-state index in [1.807, 2.05) is 13.0 Å². The topological polar surface area (TPSA) is 49.0 Å². The number of carbonyl (C=O) groups is 1. The Labute approximate surface area is 142 Å². The lowest BCUT2D eigenvalue weighted by molar-refractivity contribution is -0.136. The summed E-state index contributed by atoms with van der Waals surface area (Å²) in [5, 5.41) is 0.698. The summed E-state index contributed by atoms with van der Waals surface area (Å²) in [6.45, 7) is 8.38. The number of carbonyl (C=O) groups excluding carboxylic acids is 1. The molecule has 0 bridgehead atoms. The van der Waals surface area contributed by atoms with Crippen molar-refractivity contribution in [2.24, 2.45) is 0 Å². The molecular weight excluding hydrogens is 306 g/mol. The fraction of sp³-hybridized carbons (Fsp3) is 0.556. The number of aromatic amines is 1. The lowest BCUT2D eigenvalue weighted by atomic mass is 9.97. The van der Waals surface area contributed by atoms with Crippen LogP contribution in [0.25, 0.3) is 11.0 Å². The smallest absolute Gasteiger partial charge is 0.236 e. The van der Waals surface area contributed by atoms with Crippen LogP contribution in [0.4, 0.5) is 0 Å². The number of piperidine rings is 1. The van der Waals surface area contributed by atoms with Gasteiger partial charge in [-0.2, -0.15) is 0 Å². The Morgan fingerprint density at radius 1 is 1.35 bits per heavy atom. The summed E-state index contributed by atoms with van der Waals surface area (Å²) in [4.78, 5) is 22.9. The number of amides is 1. The molecule has 124 valence electrons. The predicted octanol–water partition coefficient (Wildman–Crippen LogP) is 4.14. The number of nitrogens with one attached hydrogen (secondary N) is 1. The Balaban J connectivity index is 1.74. The molecule has 1 aliphatic rings. The van der Waals surface area contributed by atoms with Crippen molar-refractivity contribution in [2.75, 3.05) is 0 Å². The Kier molecular flexibility index (Phi) is 4.67. The summed E-state index contributed by atoms with van der Waals surface area (Å²) in [6, 6.07) is 6.85. The minimum atomic E-state index is -0.125. The van der Waals surface area contributed by atoms with E-state index < -0.39 is 0 Å². The zero-order valence-corrected chi connectivity index (χ0v) is 15.1. The van der Waals surface area contributed by atoms with Crippen molar-refractivity contribution in [1.29, 1.82) is 0 Å². The fourth-order valence-electron chi connectivity index (χ4n) is 3.44. The summed E-state index contributed by atoms with van der Waals surface area (Å²) in [6.07, 6.45) is 3.44. The van der Waals surface area contributed by atoms with Gasteiger partial charge in [-0.1, -0.05) is 17.8 Å². The quantitative estimate of drug-likeness (QED) is 0.860. The van der Waals surface area contributed by atoms with Gasteiger partial charge < -0.3 is 9.88 Å². The molecule has 2 aromatic rings. The molecule has 0 radical (unpaired) electrons. The number of likely N-dealkylation sites (tertiary alicyclic amines) is 1. The van der Waals surface area contributed by atoms with Crippen LogP contribution in [0.15, 0.2) is 23.4 Å². The highest BCUT2D eigenvalue weighted by Crippen LogP contribution is 2.29. The van der Waals surface area contributed by atoms with Gasteiger partial charge in [0.1, 0.15) is 0 Å². The number of H-pyrrole nitrogens is 1. The first-order chi connectivity index (χ1) is 11.0. The predicted molar refractivity (Wildman–Crippen MR) is 95.8 cm³/mol. The minimum absolute atomic E-state index is 0.125. The summed E-state index contributed by atoms with van der Waals surface area (Å²) < 4.78 is 0. The van der Waals surface area contributed by atoms with Gasteiger partial charge in [-0.25, -0.2) is 4.98 Å². The Bertz CT molecular complexity index is 701. The van der Waals surface area contributed by atoms with E-state index in [0.29, 0.717) is 12.1 Å². The molecule has 0 spiro atoms. The second-order valence-corrected chi connectivity index (χ2v) is 8.03. The van der Waals surface area contributed by atoms with Gasteiger partial charge in [0, 0.05) is 12.1 Å². The second-order valence-electron chi connectivity index (χ2n) is 6.70. The highest BCUT2D eigenvalue weighted by atomic mass is 32.2. The first-order valence-electron chi connectivity index (χ1n) is 8.41. The summed E-state index contributed by atoms with van der Waals surface area (Å²) in [5.74, 6) is 0.228. The number of hydrogen-bond acceptors (Lipinski definition) is 3. The van der Waals surface area contributed by atoms with Gasteiger partial charge in [0.05, 0.1) is 16.3 Å². The first-order valence-corrected chi connectivity index (χ1v) is 9.29. The molecular formula is C18H25N3OS. The van der Waals surface area contributed by atoms with E-state index in [1.54, 1.807) is 0 Å². The van der Waals surface area contributed by atoms with Crippen molar-refractivity contribution in [2.45, 2.75) is 69.4 Å². The van der Waals surface area contributed by atoms with E-state index in [1.165, 1.54) is 23.7 Å². The average molecular weight is 331 g/mol. The maximum atomic E-state index is 12.9. The van der Waals surface area contributed by atoms with Crippen molar-refractivity contribution in [3.63, 3.8) is 0 Å². The molecule has 0 saturated carbocycles. The lowest BCUT2D eigenvalue weighted by Crippen LogP contribution is -2.50. The number of benzene rings is 1. The van der Waals surface area contributed by atoms with Crippen LogP contribution < -0.4 is 0 Å². The molecule has 1 amide bonds. The molecule has 0 aliphatic carbocycles. The number of fused-ring (bicyclic) bond motifs is 1. The van der Waals surface area contributed by atoms with Crippen LogP contribution in [0.1, 0.15) is 45.6 Å². The van der Waals surface area contributed by atoms with Crippen LogP contribution in [0.2, 0.25) is 0 Å². The Morgan fingerprint density at radius 3 is 2.74 bits per heavy atom. The van der Waals surface area contributed by atoms with Crippen LogP contribution in [-0.2, 0) is 4.79 Å².